The number of hydrogen-bond donors (Lipinski definition) is 0. The topological polar surface area (TPSA) is 86.2 Å². The Morgan fingerprint density at radius 2 is 1.64 bits per heavy atom. The van der Waals surface area contributed by atoms with Crippen LogP contribution in [0, 0.1) is 12.8 Å². The second kappa shape index (κ2) is 11.7. The van der Waals surface area contributed by atoms with Crippen LogP contribution in [0.3, 0.4) is 0 Å². The molecule has 6 heteroatoms. The molecule has 93 valence electrons. The summed E-state index contributed by atoms with van der Waals surface area (Å²) in [5.74, 6) is 0.704. The molecule has 1 atom stereocenters. The van der Waals surface area contributed by atoms with Crippen LogP contribution in [0.4, 0.5) is 0 Å². The van der Waals surface area contributed by atoms with Crippen LogP contribution in [0.5, 0.6) is 0 Å². The van der Waals surface area contributed by atoms with E-state index < -0.39 is 7.82 Å². The quantitative estimate of drug-likeness (QED) is 0.415. The zero-order chi connectivity index (χ0) is 10.9. The summed E-state index contributed by atoms with van der Waals surface area (Å²) in [6.07, 6.45) is 5.21. The van der Waals surface area contributed by atoms with Crippen molar-refractivity contribution in [2.24, 2.45) is 5.92 Å². The Labute approximate surface area is 96.8 Å². The van der Waals surface area contributed by atoms with E-state index in [2.05, 4.69) is 20.8 Å². The average Bonchev–Trinajstić information content (AvgIpc) is 1.97. The number of rotatable bonds is 4. The van der Waals surface area contributed by atoms with Gasteiger partial charge in [-0.2, -0.15) is 13.7 Å². The monoisotopic (exact) mass is 271 g/mol. The molecule has 0 aliphatic carbocycles. The minimum Gasteiger partial charge on any atom is -0.822 e. The zero-order valence-electron chi connectivity index (χ0n) is 8.49. The van der Waals surface area contributed by atoms with Gasteiger partial charge in [0, 0.05) is 17.1 Å². The molecule has 0 heterocycles. The summed E-state index contributed by atoms with van der Waals surface area (Å²) in [5, 5.41) is 0. The molecule has 1 radical (unpaired) electrons. The largest absolute Gasteiger partial charge is 0.822 e. The standard InChI is InChI=1S/C8H17.Cu.H3O4P/c1-4-6-7-8(3)5-2;;1-5(2,3)4/h8H,3-7H2,1-2H3;;(H3,1,2,3,4)/q-1;;/p-3. The van der Waals surface area contributed by atoms with Gasteiger partial charge in [-0.15, -0.1) is 0 Å². The SMILES string of the molecule is O=P([O-])([O-])[O-].[CH2-]C(CC)CCCC.[Cu]. The number of phosphoric acid groups is 1. The molecule has 0 aliphatic heterocycles. The Kier molecular flexibility index (Phi) is 16.8. The Bertz CT molecular complexity index is 140. The van der Waals surface area contributed by atoms with E-state index in [9.17, 15) is 0 Å². The number of unbranched alkanes of at least 4 members (excludes halogenated alkanes) is 1. The minimum absolute atomic E-state index is 0. The summed E-state index contributed by atoms with van der Waals surface area (Å²) in [4.78, 5) is 25.6. The van der Waals surface area contributed by atoms with Crippen LogP contribution in [-0.2, 0) is 21.6 Å². The van der Waals surface area contributed by atoms with Crippen molar-refractivity contribution in [3.05, 3.63) is 6.92 Å². The third kappa shape index (κ3) is 38.9. The number of hydrogen-bond acceptors (Lipinski definition) is 4. The maximum absolute atomic E-state index is 8.55. The maximum Gasteiger partial charge on any atom is 0 e. The second-order valence-corrected chi connectivity index (χ2v) is 3.76. The third-order valence-electron chi connectivity index (χ3n) is 1.54. The van der Waals surface area contributed by atoms with Crippen molar-refractivity contribution in [1.82, 2.24) is 0 Å². The van der Waals surface area contributed by atoms with Gasteiger partial charge in [0.15, 0.2) is 0 Å². The first kappa shape index (κ1) is 20.1. The molecule has 0 amide bonds. The fraction of sp³-hybridized carbons (Fsp3) is 0.875. The molecule has 0 N–H and O–H groups in total. The average molecular weight is 272 g/mol. The maximum atomic E-state index is 8.55. The van der Waals surface area contributed by atoms with Gasteiger partial charge < -0.3 is 26.2 Å². The third-order valence-corrected chi connectivity index (χ3v) is 1.54. The Hall–Kier alpha value is 0.629. The predicted octanol–water partition coefficient (Wildman–Crippen LogP) is 0.210. The van der Waals surface area contributed by atoms with E-state index in [0.29, 0.717) is 5.92 Å². The Morgan fingerprint density at radius 1 is 1.29 bits per heavy atom. The van der Waals surface area contributed by atoms with Crippen molar-refractivity contribution in [2.45, 2.75) is 39.5 Å². The molecule has 14 heavy (non-hydrogen) atoms. The van der Waals surface area contributed by atoms with Crippen LogP contribution in [0.25, 0.3) is 0 Å². The van der Waals surface area contributed by atoms with Crippen LogP contribution >= 0.6 is 7.82 Å². The molecule has 0 aromatic heterocycles. The molecule has 0 aromatic rings. The van der Waals surface area contributed by atoms with Gasteiger partial charge in [0.25, 0.3) is 0 Å². The Balaban J connectivity index is -0.000000177. The molecule has 0 rings (SSSR count). The predicted molar refractivity (Wildman–Crippen MR) is 46.3 cm³/mol. The summed E-state index contributed by atoms with van der Waals surface area (Å²) < 4.78 is 8.55. The fourth-order valence-electron chi connectivity index (χ4n) is 0.697. The van der Waals surface area contributed by atoms with Gasteiger partial charge in [-0.3, -0.25) is 0 Å². The van der Waals surface area contributed by atoms with Gasteiger partial charge in [0.05, 0.1) is 0 Å². The molecule has 0 bridgehead atoms. The first-order valence-electron chi connectivity index (χ1n) is 4.37. The van der Waals surface area contributed by atoms with E-state index in [1.807, 2.05) is 0 Å². The molecule has 4 nitrogen and oxygen atoms in total. The van der Waals surface area contributed by atoms with E-state index in [4.69, 9.17) is 19.2 Å². The van der Waals surface area contributed by atoms with Gasteiger partial charge in [-0.1, -0.05) is 39.5 Å². The molecule has 0 saturated carbocycles. The van der Waals surface area contributed by atoms with Crippen LogP contribution in [0.2, 0.25) is 0 Å². The summed E-state index contributed by atoms with van der Waals surface area (Å²) >= 11 is 0. The molecular weight excluding hydrogens is 255 g/mol. The molecule has 0 fully saturated rings. The summed E-state index contributed by atoms with van der Waals surface area (Å²) in [6.45, 7) is 8.42. The van der Waals surface area contributed by atoms with Crippen molar-refractivity contribution < 1.29 is 36.3 Å². The van der Waals surface area contributed by atoms with Crippen LogP contribution in [0.1, 0.15) is 39.5 Å². The summed E-state index contributed by atoms with van der Waals surface area (Å²) in [5.41, 5.74) is 0. The molecule has 0 spiro atoms. The molecule has 0 saturated heterocycles. The molecular formula is C8H17CuO4P-4. The van der Waals surface area contributed by atoms with E-state index in [0.717, 1.165) is 0 Å². The van der Waals surface area contributed by atoms with Crippen LogP contribution in [-0.4, -0.2) is 0 Å². The molecule has 0 aromatic carbocycles. The minimum atomic E-state index is -5.39. The van der Waals surface area contributed by atoms with Gasteiger partial charge >= 0.3 is 0 Å². The van der Waals surface area contributed by atoms with Gasteiger partial charge in [0.1, 0.15) is 0 Å². The smallest absolute Gasteiger partial charge is 0 e. The molecule has 0 aliphatic rings. The zero-order valence-corrected chi connectivity index (χ0v) is 10.3. The van der Waals surface area contributed by atoms with E-state index in [-0.39, 0.29) is 17.1 Å². The summed E-state index contributed by atoms with van der Waals surface area (Å²) in [7, 11) is -5.39. The van der Waals surface area contributed by atoms with Gasteiger partial charge in [-0.05, 0) is 0 Å². The van der Waals surface area contributed by atoms with E-state index in [1.54, 1.807) is 0 Å². The van der Waals surface area contributed by atoms with E-state index in [1.165, 1.54) is 25.7 Å². The van der Waals surface area contributed by atoms with Crippen molar-refractivity contribution in [3.63, 3.8) is 0 Å². The van der Waals surface area contributed by atoms with Crippen molar-refractivity contribution >= 4 is 7.82 Å². The van der Waals surface area contributed by atoms with Crippen molar-refractivity contribution in [3.8, 4) is 0 Å². The van der Waals surface area contributed by atoms with E-state index >= 15 is 0 Å². The van der Waals surface area contributed by atoms with Crippen LogP contribution in [0.15, 0.2) is 0 Å². The summed E-state index contributed by atoms with van der Waals surface area (Å²) in [6, 6.07) is 0. The second-order valence-electron chi connectivity index (χ2n) is 2.86. The first-order valence-corrected chi connectivity index (χ1v) is 5.83. The van der Waals surface area contributed by atoms with Crippen molar-refractivity contribution in [1.29, 1.82) is 0 Å². The van der Waals surface area contributed by atoms with Gasteiger partial charge in [-0.25, -0.2) is 0 Å². The Morgan fingerprint density at radius 3 is 1.86 bits per heavy atom. The van der Waals surface area contributed by atoms with Crippen molar-refractivity contribution in [2.75, 3.05) is 0 Å². The molecule has 1 unspecified atom stereocenters. The normalized spacial score (nSPS) is 12.1. The van der Waals surface area contributed by atoms with Crippen LogP contribution < -0.4 is 14.7 Å². The first-order chi connectivity index (χ1) is 5.81. The fourth-order valence-corrected chi connectivity index (χ4v) is 0.697. The van der Waals surface area contributed by atoms with Gasteiger partial charge in [0.2, 0.25) is 0 Å².